The molecule has 0 aliphatic rings. The summed E-state index contributed by atoms with van der Waals surface area (Å²) in [7, 11) is -2.04. The number of benzene rings is 2. The molecule has 0 saturated carbocycles. The molecular weight excluding hydrogens is 471 g/mol. The van der Waals surface area contributed by atoms with Crippen molar-refractivity contribution in [1.29, 1.82) is 0 Å². The van der Waals surface area contributed by atoms with E-state index in [1.54, 1.807) is 0 Å². The van der Waals surface area contributed by atoms with E-state index >= 15 is 0 Å². The third-order valence-electron chi connectivity index (χ3n) is 2.94. The summed E-state index contributed by atoms with van der Waals surface area (Å²) in [6.07, 6.45) is 0. The van der Waals surface area contributed by atoms with Crippen molar-refractivity contribution in [3.8, 4) is 5.75 Å². The number of nitro groups is 1. The number of rotatable bonds is 5. The van der Waals surface area contributed by atoms with Gasteiger partial charge in [0.05, 0.1) is 30.8 Å². The van der Waals surface area contributed by atoms with E-state index in [0.717, 1.165) is 0 Å². The zero-order valence-electron chi connectivity index (χ0n) is 12.3. The van der Waals surface area contributed by atoms with Crippen molar-refractivity contribution in [3.63, 3.8) is 0 Å². The lowest BCUT2D eigenvalue weighted by atomic mass is 10.3. The third-order valence-corrected chi connectivity index (χ3v) is 6.52. The Kier molecular flexibility index (Phi) is 7.12. The van der Waals surface area contributed by atoms with Gasteiger partial charge in [0, 0.05) is 6.07 Å². The molecule has 12 heteroatoms. The number of para-hydroxylation sites is 1. The van der Waals surface area contributed by atoms with Crippen LogP contribution < -0.4 is 4.74 Å². The predicted octanol–water partition coefficient (Wildman–Crippen LogP) is 5.58. The van der Waals surface area contributed by atoms with E-state index in [9.17, 15) is 19.1 Å². The minimum Gasteiger partial charge on any atom is -0.423 e. The van der Waals surface area contributed by atoms with E-state index in [2.05, 4.69) is 0 Å². The number of carbonyl (C=O) groups excluding carboxylic acids is 1. The first kappa shape index (κ1) is 21.2. The number of hydrogen-bond acceptors (Lipinski definition) is 5. The van der Waals surface area contributed by atoms with Gasteiger partial charge >= 0.3 is 5.97 Å². The van der Waals surface area contributed by atoms with Gasteiger partial charge in [0.1, 0.15) is 20.7 Å². The van der Waals surface area contributed by atoms with Gasteiger partial charge in [-0.05, 0) is 6.07 Å². The van der Waals surface area contributed by atoms with Crippen LogP contribution in [0.4, 0.5) is 5.69 Å². The van der Waals surface area contributed by atoms with Crippen LogP contribution in [0.3, 0.4) is 0 Å². The summed E-state index contributed by atoms with van der Waals surface area (Å²) >= 11 is 29.4. The molecular formula is C14H6Cl5NO5S. The van der Waals surface area contributed by atoms with Crippen molar-refractivity contribution in [3.05, 3.63) is 59.5 Å². The molecule has 2 aromatic rings. The van der Waals surface area contributed by atoms with E-state index in [-0.39, 0.29) is 41.4 Å². The highest BCUT2D eigenvalue weighted by Crippen LogP contribution is 2.48. The molecule has 0 radical (unpaired) electrons. The van der Waals surface area contributed by atoms with Crippen LogP contribution in [-0.2, 0) is 15.6 Å². The highest BCUT2D eigenvalue weighted by atomic mass is 35.5. The summed E-state index contributed by atoms with van der Waals surface area (Å²) in [5, 5.41) is 10.00. The van der Waals surface area contributed by atoms with Gasteiger partial charge in [0.25, 0.3) is 5.69 Å². The van der Waals surface area contributed by atoms with E-state index in [4.69, 9.17) is 62.7 Å². The predicted molar refractivity (Wildman–Crippen MR) is 101 cm³/mol. The zero-order valence-corrected chi connectivity index (χ0v) is 16.9. The van der Waals surface area contributed by atoms with Crippen molar-refractivity contribution in [1.82, 2.24) is 0 Å². The molecule has 2 aromatic carbocycles. The topological polar surface area (TPSA) is 86.5 Å². The average molecular weight is 478 g/mol. The minimum absolute atomic E-state index is 0.119. The molecule has 2 rings (SSSR count). The average Bonchev–Trinajstić information content (AvgIpc) is 2.61. The molecule has 1 atom stereocenters. The lowest BCUT2D eigenvalue weighted by Crippen LogP contribution is -2.18. The number of hydrogen-bond donors (Lipinski definition) is 0. The summed E-state index contributed by atoms with van der Waals surface area (Å²) < 4.78 is 17.3. The molecule has 0 saturated heterocycles. The van der Waals surface area contributed by atoms with Crippen molar-refractivity contribution < 1.29 is 18.7 Å². The van der Waals surface area contributed by atoms with Crippen molar-refractivity contribution in [2.24, 2.45) is 0 Å². The summed E-state index contributed by atoms with van der Waals surface area (Å²) in [5.41, 5.74) is -0.382. The number of carbonyl (C=O) groups is 1. The molecule has 0 bridgehead atoms. The molecule has 0 N–H and O–H groups in total. The first-order valence-corrected chi connectivity index (χ1v) is 9.70. The highest BCUT2D eigenvalue weighted by molar-refractivity contribution is 7.85. The van der Waals surface area contributed by atoms with Gasteiger partial charge in [0.2, 0.25) is 0 Å². The Labute approximate surface area is 174 Å². The first-order valence-electron chi connectivity index (χ1n) is 6.49. The Morgan fingerprint density at radius 2 is 1.50 bits per heavy atom. The normalized spacial score (nSPS) is 11.9. The van der Waals surface area contributed by atoms with Crippen LogP contribution >= 0.6 is 58.0 Å². The second-order valence-corrected chi connectivity index (χ2v) is 7.90. The standard InChI is InChI=1S/C14H6Cl5NO5S/c15-9-10(16)12(18)14(13(19)11(9)17)25-8(21)5-26(24)7-4-2-1-3-6(7)20(22)23/h1-4H,5H2. The van der Waals surface area contributed by atoms with E-state index in [1.807, 2.05) is 0 Å². The smallest absolute Gasteiger partial charge is 0.324 e. The van der Waals surface area contributed by atoms with Crippen molar-refractivity contribution in [2.75, 3.05) is 5.75 Å². The molecule has 26 heavy (non-hydrogen) atoms. The van der Waals surface area contributed by atoms with Gasteiger partial charge < -0.3 is 4.74 Å². The highest BCUT2D eigenvalue weighted by Gasteiger charge is 2.25. The molecule has 1 unspecified atom stereocenters. The van der Waals surface area contributed by atoms with E-state index in [0.29, 0.717) is 0 Å². The molecule has 138 valence electrons. The van der Waals surface area contributed by atoms with Crippen LogP contribution in [0, 0.1) is 10.1 Å². The Bertz CT molecular complexity index is 907. The fourth-order valence-electron chi connectivity index (χ4n) is 1.80. The number of ether oxygens (including phenoxy) is 1. The third kappa shape index (κ3) is 4.42. The Morgan fingerprint density at radius 1 is 1.00 bits per heavy atom. The maximum atomic E-state index is 12.3. The van der Waals surface area contributed by atoms with Crippen LogP contribution in [0.2, 0.25) is 25.1 Å². The minimum atomic E-state index is -2.04. The summed E-state index contributed by atoms with van der Waals surface area (Å²) in [5.74, 6) is -2.05. The van der Waals surface area contributed by atoms with Gasteiger partial charge in [-0.3, -0.25) is 19.1 Å². The lowest BCUT2D eigenvalue weighted by molar-refractivity contribution is -0.387. The summed E-state index contributed by atoms with van der Waals surface area (Å²) in [6.45, 7) is 0. The Balaban J connectivity index is 2.26. The molecule has 0 heterocycles. The van der Waals surface area contributed by atoms with Gasteiger partial charge in [-0.15, -0.1) is 0 Å². The second kappa shape index (κ2) is 8.73. The molecule has 0 aliphatic heterocycles. The number of nitrogens with zero attached hydrogens (tertiary/aromatic N) is 1. The van der Waals surface area contributed by atoms with Gasteiger partial charge in [-0.2, -0.15) is 0 Å². The van der Waals surface area contributed by atoms with Crippen LogP contribution in [0.25, 0.3) is 0 Å². The molecule has 0 aliphatic carbocycles. The first-order chi connectivity index (χ1) is 12.1. The van der Waals surface area contributed by atoms with E-state index in [1.165, 1.54) is 24.3 Å². The SMILES string of the molecule is O=C(CS(=O)c1ccccc1[N+](=O)[O-])Oc1c(Cl)c(Cl)c(Cl)c(Cl)c1Cl. The van der Waals surface area contributed by atoms with Crippen LogP contribution in [0.15, 0.2) is 29.2 Å². The summed E-state index contributed by atoms with van der Waals surface area (Å²) in [6, 6.07) is 5.31. The molecule has 0 fully saturated rings. The largest absolute Gasteiger partial charge is 0.423 e. The van der Waals surface area contributed by atoms with E-state index < -0.39 is 27.4 Å². The Morgan fingerprint density at radius 3 is 2.04 bits per heavy atom. The van der Waals surface area contributed by atoms with Crippen molar-refractivity contribution >= 4 is 80.5 Å². The maximum absolute atomic E-state index is 12.3. The fourth-order valence-corrected chi connectivity index (χ4v) is 4.04. The Hall–Kier alpha value is -1.09. The van der Waals surface area contributed by atoms with Crippen LogP contribution in [0.5, 0.6) is 5.75 Å². The number of esters is 1. The lowest BCUT2D eigenvalue weighted by Gasteiger charge is -2.12. The monoisotopic (exact) mass is 475 g/mol. The fraction of sp³-hybridized carbons (Fsp3) is 0.0714. The van der Waals surface area contributed by atoms with Crippen molar-refractivity contribution in [2.45, 2.75) is 4.90 Å². The maximum Gasteiger partial charge on any atom is 0.324 e. The molecule has 0 spiro atoms. The van der Waals surface area contributed by atoms with Gasteiger partial charge in [-0.25, -0.2) is 0 Å². The summed E-state index contributed by atoms with van der Waals surface area (Å²) in [4.78, 5) is 22.2. The number of nitro benzene ring substituents is 1. The van der Waals surface area contributed by atoms with Crippen LogP contribution in [0.1, 0.15) is 0 Å². The van der Waals surface area contributed by atoms with Gasteiger partial charge in [0.15, 0.2) is 5.75 Å². The van der Waals surface area contributed by atoms with Crippen LogP contribution in [-0.4, -0.2) is 20.9 Å². The second-order valence-electron chi connectivity index (χ2n) is 4.59. The quantitative estimate of drug-likeness (QED) is 0.140. The number of halogens is 5. The van der Waals surface area contributed by atoms with Gasteiger partial charge in [-0.1, -0.05) is 70.1 Å². The molecule has 6 nitrogen and oxygen atoms in total. The molecule has 0 aromatic heterocycles. The zero-order chi connectivity index (χ0) is 19.6. The molecule has 0 amide bonds.